The van der Waals surface area contributed by atoms with E-state index in [9.17, 15) is 19.5 Å². The van der Waals surface area contributed by atoms with Crippen LogP contribution in [0.25, 0.3) is 0 Å². The molecule has 0 unspecified atom stereocenters. The van der Waals surface area contributed by atoms with Crippen molar-refractivity contribution in [3.8, 4) is 5.75 Å². The number of carboxylic acids is 1. The number of methoxy groups -OCH3 is 1. The van der Waals surface area contributed by atoms with E-state index in [-0.39, 0.29) is 24.3 Å². The van der Waals surface area contributed by atoms with Crippen LogP contribution in [0.5, 0.6) is 5.75 Å². The first-order valence-corrected chi connectivity index (χ1v) is 6.08. The van der Waals surface area contributed by atoms with E-state index >= 15 is 0 Å². The van der Waals surface area contributed by atoms with Crippen LogP contribution in [0, 0.1) is 0 Å². The van der Waals surface area contributed by atoms with Crippen molar-refractivity contribution in [1.29, 1.82) is 0 Å². The smallest absolute Gasteiger partial charge is 0.339 e. The molecule has 0 aliphatic rings. The molecule has 0 spiro atoms. The van der Waals surface area contributed by atoms with Crippen LogP contribution >= 0.6 is 0 Å². The molecule has 0 saturated carbocycles. The quantitative estimate of drug-likeness (QED) is 0.701. The summed E-state index contributed by atoms with van der Waals surface area (Å²) in [5.74, 6) is -2.29. The van der Waals surface area contributed by atoms with E-state index < -0.39 is 23.7 Å². The second-order valence-corrected chi connectivity index (χ2v) is 4.06. The highest BCUT2D eigenvalue weighted by atomic mass is 16.5. The van der Waals surface area contributed by atoms with Gasteiger partial charge in [0.25, 0.3) is 0 Å². The summed E-state index contributed by atoms with van der Waals surface area (Å²) in [6, 6.07) is 3.06. The number of hydrogen-bond donors (Lipinski definition) is 3. The maximum Gasteiger partial charge on any atom is 0.339 e. The first-order valence-electron chi connectivity index (χ1n) is 6.08. The largest absolute Gasteiger partial charge is 0.507 e. The molecule has 0 aliphatic carbocycles. The molecule has 2 amide bonds. The predicted molar refractivity (Wildman–Crippen MR) is 73.3 cm³/mol. The number of carbonyl (C=O) groups is 3. The van der Waals surface area contributed by atoms with Crippen LogP contribution in [0.1, 0.15) is 17.3 Å². The van der Waals surface area contributed by atoms with Gasteiger partial charge in [-0.2, -0.15) is 0 Å². The monoisotopic (exact) mass is 296 g/mol. The van der Waals surface area contributed by atoms with E-state index in [4.69, 9.17) is 5.11 Å². The lowest BCUT2D eigenvalue weighted by molar-refractivity contribution is -0.141. The molecular weight excluding hydrogens is 280 g/mol. The number of nitrogens with one attached hydrogen (secondary N) is 1. The molecule has 0 radical (unpaired) electrons. The van der Waals surface area contributed by atoms with Gasteiger partial charge in [0.1, 0.15) is 17.9 Å². The maximum absolute atomic E-state index is 11.9. The van der Waals surface area contributed by atoms with E-state index in [1.54, 1.807) is 6.92 Å². The zero-order chi connectivity index (χ0) is 16.0. The van der Waals surface area contributed by atoms with Crippen molar-refractivity contribution in [2.75, 3.05) is 25.5 Å². The standard InChI is InChI=1S/C13H16N2O6/c1-3-15(7-11(17)21-2)13(20)14-8-4-5-9(12(18)19)10(16)6-8/h4-6,16H,3,7H2,1-2H3,(H,14,20)(H,18,19). The van der Waals surface area contributed by atoms with Crippen LogP contribution in [-0.2, 0) is 9.53 Å². The van der Waals surface area contributed by atoms with E-state index in [2.05, 4.69) is 10.1 Å². The van der Waals surface area contributed by atoms with Gasteiger partial charge in [-0.15, -0.1) is 0 Å². The number of phenols is 1. The van der Waals surface area contributed by atoms with Crippen molar-refractivity contribution in [2.45, 2.75) is 6.92 Å². The van der Waals surface area contributed by atoms with Crippen LogP contribution in [0.4, 0.5) is 10.5 Å². The third-order valence-corrected chi connectivity index (χ3v) is 2.70. The number of esters is 1. The fraction of sp³-hybridized carbons (Fsp3) is 0.308. The minimum Gasteiger partial charge on any atom is -0.507 e. The molecule has 114 valence electrons. The molecule has 21 heavy (non-hydrogen) atoms. The number of nitrogens with zero attached hydrogens (tertiary/aromatic N) is 1. The number of urea groups is 1. The number of hydrogen-bond acceptors (Lipinski definition) is 5. The molecule has 0 fully saturated rings. The van der Waals surface area contributed by atoms with Crippen LogP contribution < -0.4 is 5.32 Å². The van der Waals surface area contributed by atoms with Gasteiger partial charge in [0.15, 0.2) is 0 Å². The second kappa shape index (κ2) is 7.13. The van der Waals surface area contributed by atoms with Crippen molar-refractivity contribution in [2.24, 2.45) is 0 Å². The molecule has 0 aliphatic heterocycles. The van der Waals surface area contributed by atoms with Crippen LogP contribution in [-0.4, -0.2) is 53.3 Å². The Morgan fingerprint density at radius 2 is 2.00 bits per heavy atom. The van der Waals surface area contributed by atoms with Crippen molar-refractivity contribution in [3.63, 3.8) is 0 Å². The number of rotatable bonds is 5. The van der Waals surface area contributed by atoms with Crippen molar-refractivity contribution >= 4 is 23.7 Å². The summed E-state index contributed by atoms with van der Waals surface area (Å²) in [4.78, 5) is 35.1. The van der Waals surface area contributed by atoms with Gasteiger partial charge >= 0.3 is 18.0 Å². The molecule has 1 rings (SSSR count). The lowest BCUT2D eigenvalue weighted by Gasteiger charge is -2.20. The number of likely N-dealkylation sites (N-methyl/N-ethyl adjacent to an activating group) is 1. The summed E-state index contributed by atoms with van der Waals surface area (Å²) >= 11 is 0. The normalized spacial score (nSPS) is 9.81. The zero-order valence-corrected chi connectivity index (χ0v) is 11.6. The number of anilines is 1. The molecule has 3 N–H and O–H groups in total. The predicted octanol–water partition coefficient (Wildman–Crippen LogP) is 1.12. The third kappa shape index (κ3) is 4.37. The molecule has 8 nitrogen and oxygen atoms in total. The van der Waals surface area contributed by atoms with E-state index in [0.717, 1.165) is 6.07 Å². The number of aromatic hydroxyl groups is 1. The van der Waals surface area contributed by atoms with E-state index in [0.29, 0.717) is 0 Å². The lowest BCUT2D eigenvalue weighted by atomic mass is 10.2. The van der Waals surface area contributed by atoms with Gasteiger partial charge in [0.2, 0.25) is 0 Å². The molecule has 0 saturated heterocycles. The highest BCUT2D eigenvalue weighted by Crippen LogP contribution is 2.22. The zero-order valence-electron chi connectivity index (χ0n) is 11.6. The molecule has 8 heteroatoms. The minimum absolute atomic E-state index is 0.210. The second-order valence-electron chi connectivity index (χ2n) is 4.06. The Kier molecular flexibility index (Phi) is 5.53. The SMILES string of the molecule is CCN(CC(=O)OC)C(=O)Nc1ccc(C(=O)O)c(O)c1. The van der Waals surface area contributed by atoms with Crippen molar-refractivity contribution in [3.05, 3.63) is 23.8 Å². The summed E-state index contributed by atoms with van der Waals surface area (Å²) in [6.07, 6.45) is 0. The number of benzene rings is 1. The van der Waals surface area contributed by atoms with Gasteiger partial charge in [0, 0.05) is 18.3 Å². The third-order valence-electron chi connectivity index (χ3n) is 2.70. The Morgan fingerprint density at radius 1 is 1.33 bits per heavy atom. The van der Waals surface area contributed by atoms with Crippen molar-refractivity contribution in [1.82, 2.24) is 4.90 Å². The van der Waals surface area contributed by atoms with Crippen molar-refractivity contribution < 1.29 is 29.3 Å². The number of carboxylic acid groups (broad SMARTS) is 1. The summed E-state index contributed by atoms with van der Waals surface area (Å²) in [7, 11) is 1.22. The van der Waals surface area contributed by atoms with Gasteiger partial charge in [0.05, 0.1) is 7.11 Å². The first kappa shape index (κ1) is 16.3. The number of ether oxygens (including phenoxy) is 1. The molecule has 0 bridgehead atoms. The topological polar surface area (TPSA) is 116 Å². The molecule has 1 aromatic carbocycles. The van der Waals surface area contributed by atoms with E-state index in [1.807, 2.05) is 0 Å². The molecule has 1 aromatic rings. The average molecular weight is 296 g/mol. The molecule has 0 atom stereocenters. The van der Waals surface area contributed by atoms with Gasteiger partial charge < -0.3 is 25.2 Å². The lowest BCUT2D eigenvalue weighted by Crippen LogP contribution is -2.39. The highest BCUT2D eigenvalue weighted by molar-refractivity contribution is 5.94. The fourth-order valence-electron chi connectivity index (χ4n) is 1.54. The number of carbonyl (C=O) groups excluding carboxylic acids is 2. The Bertz CT molecular complexity index is 558. The van der Waals surface area contributed by atoms with Crippen LogP contribution in [0.2, 0.25) is 0 Å². The van der Waals surface area contributed by atoms with E-state index in [1.165, 1.54) is 24.1 Å². The summed E-state index contributed by atoms with van der Waals surface area (Å²) < 4.78 is 4.48. The minimum atomic E-state index is -1.27. The molecule has 0 aromatic heterocycles. The summed E-state index contributed by atoms with van der Waals surface area (Å²) in [6.45, 7) is 1.76. The van der Waals surface area contributed by atoms with Gasteiger partial charge in [-0.3, -0.25) is 4.79 Å². The Hall–Kier alpha value is -2.77. The Labute approximate surface area is 120 Å². The van der Waals surface area contributed by atoms with Gasteiger partial charge in [-0.1, -0.05) is 0 Å². The summed E-state index contributed by atoms with van der Waals surface area (Å²) in [5, 5.41) is 20.8. The average Bonchev–Trinajstić information content (AvgIpc) is 2.43. The Morgan fingerprint density at radius 3 is 2.48 bits per heavy atom. The highest BCUT2D eigenvalue weighted by Gasteiger charge is 2.17. The van der Waals surface area contributed by atoms with Gasteiger partial charge in [-0.05, 0) is 19.1 Å². The first-order chi connectivity index (χ1) is 9.88. The van der Waals surface area contributed by atoms with Gasteiger partial charge in [-0.25, -0.2) is 9.59 Å². The summed E-state index contributed by atoms with van der Waals surface area (Å²) in [5.41, 5.74) is -0.0549. The Balaban J connectivity index is 2.80. The number of amides is 2. The van der Waals surface area contributed by atoms with Crippen LogP contribution in [0.15, 0.2) is 18.2 Å². The van der Waals surface area contributed by atoms with Crippen LogP contribution in [0.3, 0.4) is 0 Å². The molecule has 0 heterocycles. The number of aromatic carboxylic acids is 1. The fourth-order valence-corrected chi connectivity index (χ4v) is 1.54. The molecular formula is C13H16N2O6. The maximum atomic E-state index is 11.9.